The van der Waals surface area contributed by atoms with Gasteiger partial charge >= 0.3 is 0 Å². The summed E-state index contributed by atoms with van der Waals surface area (Å²) in [5.74, 6) is 1.23. The largest absolute Gasteiger partial charge is 0.507 e. The number of carbonyl (C=O) groups is 2. The van der Waals surface area contributed by atoms with Gasteiger partial charge in [0.15, 0.2) is 17.8 Å². The summed E-state index contributed by atoms with van der Waals surface area (Å²) in [7, 11) is 1.57. The summed E-state index contributed by atoms with van der Waals surface area (Å²) in [5, 5.41) is 9.84. The maximum atomic E-state index is 13.9. The van der Waals surface area contributed by atoms with Crippen LogP contribution in [0.2, 0.25) is 0 Å². The van der Waals surface area contributed by atoms with Crippen molar-refractivity contribution in [2.45, 2.75) is 45.4 Å². The van der Waals surface area contributed by atoms with Gasteiger partial charge in [-0.15, -0.1) is 11.8 Å². The van der Waals surface area contributed by atoms with Crippen LogP contribution < -0.4 is 14.2 Å². The van der Waals surface area contributed by atoms with E-state index in [4.69, 9.17) is 14.2 Å². The van der Waals surface area contributed by atoms with Gasteiger partial charge in [-0.05, 0) is 50.3 Å². The van der Waals surface area contributed by atoms with Crippen LogP contribution in [0, 0.1) is 5.92 Å². The van der Waals surface area contributed by atoms with Crippen LogP contribution in [0.1, 0.15) is 66.3 Å². The second-order valence-corrected chi connectivity index (χ2v) is 9.15. The maximum absolute atomic E-state index is 13.9. The number of amides is 1. The number of methoxy groups -OCH3 is 1. The van der Waals surface area contributed by atoms with Gasteiger partial charge in [-0.25, -0.2) is 0 Å². The molecule has 8 heteroatoms. The SMILES string of the molecule is C=Cc1c(C(=O)N2CCCCC(COc3cccc(O)c3C=O)C2SC)ccc(OC)c1OCC.CC. The minimum Gasteiger partial charge on any atom is -0.507 e. The highest BCUT2D eigenvalue weighted by atomic mass is 32.2. The molecule has 2 unspecified atom stereocenters. The van der Waals surface area contributed by atoms with Crippen LogP contribution in [0.4, 0.5) is 0 Å². The van der Waals surface area contributed by atoms with Gasteiger partial charge in [0, 0.05) is 18.0 Å². The first-order valence-corrected chi connectivity index (χ1v) is 14.0. The normalized spacial score (nSPS) is 17.1. The van der Waals surface area contributed by atoms with Crippen molar-refractivity contribution in [3.8, 4) is 23.0 Å². The fourth-order valence-corrected chi connectivity index (χ4v) is 5.52. The molecule has 7 nitrogen and oxygen atoms in total. The van der Waals surface area contributed by atoms with E-state index in [0.717, 1.165) is 19.3 Å². The van der Waals surface area contributed by atoms with E-state index in [1.807, 2.05) is 31.9 Å². The molecular weight excluding hydrogens is 490 g/mol. The molecule has 2 atom stereocenters. The molecule has 0 saturated carbocycles. The molecule has 2 aromatic rings. The van der Waals surface area contributed by atoms with Crippen LogP contribution in [0.25, 0.3) is 6.08 Å². The van der Waals surface area contributed by atoms with Crippen molar-refractivity contribution in [2.24, 2.45) is 5.92 Å². The fourth-order valence-electron chi connectivity index (χ4n) is 4.47. The van der Waals surface area contributed by atoms with Gasteiger partial charge in [-0.1, -0.05) is 39.0 Å². The third-order valence-electron chi connectivity index (χ3n) is 6.15. The standard InChI is InChI=1S/C27H33NO6S.C2H6/c1-5-19-20(13-14-24(32-3)25(19)33-6-2)26(31)28-15-8-7-10-18(27(28)35-4)17-34-23-12-9-11-22(30)21(23)16-29;1-2/h5,9,11-14,16,18,27,30H,1,6-8,10,15,17H2,2-4H3;1-2H3. The number of phenols is 1. The van der Waals surface area contributed by atoms with Gasteiger partial charge in [-0.3, -0.25) is 9.59 Å². The van der Waals surface area contributed by atoms with E-state index < -0.39 is 0 Å². The number of hydrogen-bond acceptors (Lipinski definition) is 7. The summed E-state index contributed by atoms with van der Waals surface area (Å²) >= 11 is 1.61. The zero-order valence-corrected chi connectivity index (χ0v) is 23.3. The first kappa shape index (κ1) is 30.1. The smallest absolute Gasteiger partial charge is 0.255 e. The van der Waals surface area contributed by atoms with Crippen LogP contribution in [0.3, 0.4) is 0 Å². The number of hydrogen-bond donors (Lipinski definition) is 1. The predicted molar refractivity (Wildman–Crippen MR) is 150 cm³/mol. The van der Waals surface area contributed by atoms with Crippen molar-refractivity contribution in [2.75, 3.05) is 33.1 Å². The summed E-state index contributed by atoms with van der Waals surface area (Å²) in [4.78, 5) is 27.2. The number of phenolic OH excluding ortho intramolecular Hbond substituents is 1. The number of benzene rings is 2. The third-order valence-corrected chi connectivity index (χ3v) is 7.28. The van der Waals surface area contributed by atoms with E-state index in [9.17, 15) is 14.7 Å². The van der Waals surface area contributed by atoms with Crippen molar-refractivity contribution in [3.05, 3.63) is 53.6 Å². The van der Waals surface area contributed by atoms with E-state index in [1.54, 1.807) is 49.2 Å². The van der Waals surface area contributed by atoms with Gasteiger partial charge in [0.05, 0.1) is 36.8 Å². The molecular formula is C29H39NO6S. The lowest BCUT2D eigenvalue weighted by molar-refractivity contribution is 0.0693. The Kier molecular flexibility index (Phi) is 12.4. The van der Waals surface area contributed by atoms with E-state index in [0.29, 0.717) is 54.4 Å². The van der Waals surface area contributed by atoms with Crippen molar-refractivity contribution >= 4 is 30.0 Å². The number of aldehydes is 1. The van der Waals surface area contributed by atoms with Gasteiger partial charge in [0.25, 0.3) is 5.91 Å². The Labute approximate surface area is 224 Å². The Bertz CT molecular complexity index is 1060. The highest BCUT2D eigenvalue weighted by Crippen LogP contribution is 2.37. The first-order chi connectivity index (χ1) is 18.0. The molecule has 0 aromatic heterocycles. The fraction of sp³-hybridized carbons (Fsp3) is 0.448. The van der Waals surface area contributed by atoms with Crippen LogP contribution >= 0.6 is 11.8 Å². The quantitative estimate of drug-likeness (QED) is 0.362. The van der Waals surface area contributed by atoms with E-state index in [2.05, 4.69) is 6.58 Å². The topological polar surface area (TPSA) is 85.3 Å². The van der Waals surface area contributed by atoms with E-state index in [1.165, 1.54) is 6.07 Å². The third kappa shape index (κ3) is 7.01. The molecule has 1 aliphatic heterocycles. The number of nitrogens with zero attached hydrogens (tertiary/aromatic N) is 1. The summed E-state index contributed by atoms with van der Waals surface area (Å²) in [6.45, 7) is 11.2. The van der Waals surface area contributed by atoms with Crippen molar-refractivity contribution in [1.82, 2.24) is 4.90 Å². The monoisotopic (exact) mass is 529 g/mol. The number of aromatic hydroxyl groups is 1. The van der Waals surface area contributed by atoms with Gasteiger partial charge in [-0.2, -0.15) is 0 Å². The van der Waals surface area contributed by atoms with Crippen LogP contribution in [0.5, 0.6) is 23.0 Å². The molecule has 1 heterocycles. The molecule has 0 aliphatic carbocycles. The lowest BCUT2D eigenvalue weighted by Crippen LogP contribution is -2.43. The molecule has 1 aliphatic rings. The number of carbonyl (C=O) groups excluding carboxylic acids is 2. The average molecular weight is 530 g/mol. The number of likely N-dealkylation sites (tertiary alicyclic amines) is 1. The van der Waals surface area contributed by atoms with Gasteiger partial charge < -0.3 is 24.2 Å². The molecule has 3 rings (SSSR count). The van der Waals surface area contributed by atoms with E-state index >= 15 is 0 Å². The van der Waals surface area contributed by atoms with Crippen LogP contribution in [0.15, 0.2) is 36.9 Å². The molecule has 1 saturated heterocycles. The maximum Gasteiger partial charge on any atom is 0.255 e. The van der Waals surface area contributed by atoms with Crippen molar-refractivity contribution < 1.29 is 28.9 Å². The second-order valence-electron chi connectivity index (χ2n) is 8.19. The molecule has 0 bridgehead atoms. The predicted octanol–water partition coefficient (Wildman–Crippen LogP) is 6.29. The molecule has 1 amide bonds. The Hall–Kier alpha value is -3.13. The molecule has 0 radical (unpaired) electrons. The first-order valence-electron chi connectivity index (χ1n) is 12.7. The zero-order valence-electron chi connectivity index (χ0n) is 22.5. The number of rotatable bonds is 10. The Morgan fingerprint density at radius 1 is 1.16 bits per heavy atom. The number of ether oxygens (including phenoxy) is 3. The summed E-state index contributed by atoms with van der Waals surface area (Å²) in [5.41, 5.74) is 1.26. The highest BCUT2D eigenvalue weighted by molar-refractivity contribution is 7.99. The minimum absolute atomic E-state index is 0.0371. The summed E-state index contributed by atoms with van der Waals surface area (Å²) in [6, 6.07) is 8.28. The Morgan fingerprint density at radius 2 is 1.92 bits per heavy atom. The lowest BCUT2D eigenvalue weighted by Gasteiger charge is -2.34. The second kappa shape index (κ2) is 15.2. The molecule has 2 aromatic carbocycles. The van der Waals surface area contributed by atoms with Gasteiger partial charge in [0.1, 0.15) is 11.5 Å². The highest BCUT2D eigenvalue weighted by Gasteiger charge is 2.34. The molecule has 0 spiro atoms. The molecule has 202 valence electrons. The Balaban J connectivity index is 0.00000235. The van der Waals surface area contributed by atoms with Gasteiger partial charge in [0.2, 0.25) is 0 Å². The van der Waals surface area contributed by atoms with E-state index in [-0.39, 0.29) is 28.5 Å². The zero-order chi connectivity index (χ0) is 27.4. The van der Waals surface area contributed by atoms with Crippen molar-refractivity contribution in [1.29, 1.82) is 0 Å². The molecule has 1 fully saturated rings. The molecule has 37 heavy (non-hydrogen) atoms. The molecule has 1 N–H and O–H groups in total. The summed E-state index contributed by atoms with van der Waals surface area (Å²) < 4.78 is 17.2. The minimum atomic E-state index is -0.127. The Morgan fingerprint density at radius 3 is 2.54 bits per heavy atom. The summed E-state index contributed by atoms with van der Waals surface area (Å²) in [6.07, 6.45) is 6.93. The van der Waals surface area contributed by atoms with Crippen LogP contribution in [-0.2, 0) is 0 Å². The van der Waals surface area contributed by atoms with Crippen LogP contribution in [-0.4, -0.2) is 60.7 Å². The van der Waals surface area contributed by atoms with Crippen molar-refractivity contribution in [3.63, 3.8) is 0 Å². The number of thioether (sulfide) groups is 1. The lowest BCUT2D eigenvalue weighted by atomic mass is 10.0. The average Bonchev–Trinajstić information content (AvgIpc) is 3.14.